The van der Waals surface area contributed by atoms with E-state index < -0.39 is 6.29 Å². The molecule has 7 heteroatoms. The zero-order chi connectivity index (χ0) is 21.1. The number of fused-ring (bicyclic) bond motifs is 2. The van der Waals surface area contributed by atoms with E-state index in [1.165, 1.54) is 16.7 Å². The molecule has 0 aliphatic carbocycles. The number of rotatable bonds is 2. The summed E-state index contributed by atoms with van der Waals surface area (Å²) in [7, 11) is 0. The summed E-state index contributed by atoms with van der Waals surface area (Å²) in [5.74, 6) is 0. The van der Waals surface area contributed by atoms with Crippen molar-refractivity contribution in [1.29, 1.82) is 0 Å². The summed E-state index contributed by atoms with van der Waals surface area (Å²) in [4.78, 5) is 10.7. The molecule has 0 saturated carbocycles. The van der Waals surface area contributed by atoms with E-state index in [4.69, 9.17) is 16.4 Å². The smallest absolute Gasteiger partial charge is 0.299 e. The van der Waals surface area contributed by atoms with E-state index >= 15 is 0 Å². The molecule has 3 aliphatic heterocycles. The molecule has 0 amide bonds. The molecular formula is C23H20ClF2N3O. The van der Waals surface area contributed by atoms with E-state index in [0.29, 0.717) is 0 Å². The lowest BCUT2D eigenvalue weighted by Crippen LogP contribution is -2.39. The summed E-state index contributed by atoms with van der Waals surface area (Å²) in [6.07, 6.45) is 1.20. The molecule has 1 saturated heterocycles. The minimum atomic E-state index is -2.83. The molecule has 0 spiro atoms. The molecule has 1 aromatic heterocycles. The van der Waals surface area contributed by atoms with Crippen LogP contribution in [0.25, 0.3) is 11.3 Å². The molecule has 6 rings (SSSR count). The van der Waals surface area contributed by atoms with Crippen LogP contribution in [0.5, 0.6) is 0 Å². The van der Waals surface area contributed by atoms with Crippen molar-refractivity contribution >= 4 is 17.9 Å². The van der Waals surface area contributed by atoms with Gasteiger partial charge in [-0.25, -0.2) is 4.79 Å². The van der Waals surface area contributed by atoms with Gasteiger partial charge in [0.2, 0.25) is 0 Å². The second-order valence-electron chi connectivity index (χ2n) is 7.57. The predicted octanol–water partition coefficient (Wildman–Crippen LogP) is 5.74. The average Bonchev–Trinajstić information content (AvgIpc) is 3.01. The number of hydrogen-bond donors (Lipinski definition) is 0. The van der Waals surface area contributed by atoms with Gasteiger partial charge in [-0.15, -0.1) is 8.78 Å². The molecule has 0 unspecified atom stereocenters. The molecule has 154 valence electrons. The Morgan fingerprint density at radius 2 is 1.73 bits per heavy atom. The summed E-state index contributed by atoms with van der Waals surface area (Å²) < 4.78 is 19.4. The zero-order valence-electron chi connectivity index (χ0n) is 16.2. The molecule has 2 aromatic carbocycles. The summed E-state index contributed by atoms with van der Waals surface area (Å²) in [6, 6.07) is 19.3. The SMILES string of the molecule is Clc1ccc(C23CCN(CC2)Cc2cc(-c4cccnn4)ccc23)cc1.O=C(F)F. The second-order valence-corrected chi connectivity index (χ2v) is 8.01. The lowest BCUT2D eigenvalue weighted by atomic mass is 9.68. The normalized spacial score (nSPS) is 21.8. The molecule has 4 nitrogen and oxygen atoms in total. The van der Waals surface area contributed by atoms with Crippen molar-refractivity contribution in [3.05, 3.63) is 82.5 Å². The van der Waals surface area contributed by atoms with Gasteiger partial charge in [0.15, 0.2) is 0 Å². The highest BCUT2D eigenvalue weighted by molar-refractivity contribution is 6.30. The molecule has 3 aliphatic rings. The first-order chi connectivity index (χ1) is 14.5. The Kier molecular flexibility index (Phi) is 5.88. The van der Waals surface area contributed by atoms with Gasteiger partial charge in [0.25, 0.3) is 0 Å². The van der Waals surface area contributed by atoms with Crippen molar-refractivity contribution < 1.29 is 13.6 Å². The van der Waals surface area contributed by atoms with Crippen LogP contribution in [0.2, 0.25) is 5.02 Å². The molecule has 0 atom stereocenters. The second kappa shape index (κ2) is 8.58. The van der Waals surface area contributed by atoms with Gasteiger partial charge < -0.3 is 0 Å². The monoisotopic (exact) mass is 427 g/mol. The molecule has 1 fully saturated rings. The minimum absolute atomic E-state index is 0.0911. The molecule has 0 radical (unpaired) electrons. The number of carbonyl (C=O) groups is 1. The maximum atomic E-state index is 9.69. The first-order valence-electron chi connectivity index (χ1n) is 9.73. The Labute approximate surface area is 178 Å². The van der Waals surface area contributed by atoms with Crippen molar-refractivity contribution in [1.82, 2.24) is 15.1 Å². The highest BCUT2D eigenvalue weighted by Crippen LogP contribution is 2.47. The number of benzene rings is 2. The topological polar surface area (TPSA) is 46.1 Å². The van der Waals surface area contributed by atoms with Crippen molar-refractivity contribution in [3.8, 4) is 11.3 Å². The summed E-state index contributed by atoms with van der Waals surface area (Å²) in [5.41, 5.74) is 6.43. The first kappa shape index (κ1) is 20.6. The van der Waals surface area contributed by atoms with E-state index in [-0.39, 0.29) is 5.41 Å². The van der Waals surface area contributed by atoms with Crippen LogP contribution in [0.3, 0.4) is 0 Å². The van der Waals surface area contributed by atoms with Crippen LogP contribution in [0, 0.1) is 0 Å². The van der Waals surface area contributed by atoms with E-state index in [1.54, 1.807) is 6.20 Å². The molecular weight excluding hydrogens is 408 g/mol. The Balaban J connectivity index is 0.000000503. The Morgan fingerprint density at radius 1 is 1.03 bits per heavy atom. The van der Waals surface area contributed by atoms with Crippen molar-refractivity contribution in [3.63, 3.8) is 0 Å². The summed E-state index contributed by atoms with van der Waals surface area (Å²) >= 11 is 6.15. The van der Waals surface area contributed by atoms with E-state index in [0.717, 1.165) is 48.8 Å². The maximum Gasteiger partial charge on any atom is 0.483 e. The first-order valence-corrected chi connectivity index (χ1v) is 10.1. The molecule has 4 heterocycles. The van der Waals surface area contributed by atoms with Crippen LogP contribution in [-0.2, 0) is 12.0 Å². The van der Waals surface area contributed by atoms with Crippen LogP contribution in [0.15, 0.2) is 60.8 Å². The number of carbonyl (C=O) groups excluding carboxylic acids is 1. The average molecular weight is 428 g/mol. The van der Waals surface area contributed by atoms with Crippen LogP contribution in [0.4, 0.5) is 13.6 Å². The molecule has 3 aromatic rings. The maximum absolute atomic E-state index is 9.69. The van der Waals surface area contributed by atoms with Crippen LogP contribution >= 0.6 is 11.6 Å². The molecule has 30 heavy (non-hydrogen) atoms. The standard InChI is InChI=1S/C22H20ClN3.CF2O/c23-19-6-4-18(5-7-19)22-9-12-26(13-10-22)15-17-14-16(3-8-20(17)22)21-2-1-11-24-25-21;2-1(3)4/h1-8,11,14H,9-10,12-13,15H2;. The molecule has 2 bridgehead atoms. The fourth-order valence-electron chi connectivity index (χ4n) is 4.62. The Morgan fingerprint density at radius 3 is 2.37 bits per heavy atom. The number of aromatic nitrogens is 2. The van der Waals surface area contributed by atoms with Gasteiger partial charge in [-0.1, -0.05) is 35.9 Å². The van der Waals surface area contributed by atoms with Crippen molar-refractivity contribution in [2.24, 2.45) is 0 Å². The fourth-order valence-corrected chi connectivity index (χ4v) is 4.75. The van der Waals surface area contributed by atoms with Gasteiger partial charge in [0.05, 0.1) is 5.69 Å². The third-order valence-electron chi connectivity index (χ3n) is 5.99. The van der Waals surface area contributed by atoms with Gasteiger partial charge in [-0.05, 0) is 73.0 Å². The minimum Gasteiger partial charge on any atom is -0.299 e. The highest BCUT2D eigenvalue weighted by Gasteiger charge is 2.42. The van der Waals surface area contributed by atoms with Gasteiger partial charge in [-0.3, -0.25) is 4.90 Å². The third kappa shape index (κ3) is 4.11. The van der Waals surface area contributed by atoms with Gasteiger partial charge in [-0.2, -0.15) is 10.2 Å². The summed E-state index contributed by atoms with van der Waals surface area (Å²) in [5, 5.41) is 9.11. The van der Waals surface area contributed by atoms with E-state index in [2.05, 4.69) is 45.4 Å². The predicted molar refractivity (Wildman–Crippen MR) is 112 cm³/mol. The van der Waals surface area contributed by atoms with Crippen LogP contribution < -0.4 is 0 Å². The fraction of sp³-hybridized carbons (Fsp3) is 0.261. The van der Waals surface area contributed by atoms with Crippen molar-refractivity contribution in [2.45, 2.75) is 24.8 Å². The van der Waals surface area contributed by atoms with Crippen molar-refractivity contribution in [2.75, 3.05) is 13.1 Å². The lowest BCUT2D eigenvalue weighted by molar-refractivity contribution is 0.190. The number of halogens is 3. The number of nitrogens with zero attached hydrogens (tertiary/aromatic N) is 3. The zero-order valence-corrected chi connectivity index (χ0v) is 16.9. The third-order valence-corrected chi connectivity index (χ3v) is 6.24. The van der Waals surface area contributed by atoms with Gasteiger partial charge >= 0.3 is 6.29 Å². The van der Waals surface area contributed by atoms with Gasteiger partial charge in [0.1, 0.15) is 0 Å². The largest absolute Gasteiger partial charge is 0.483 e. The van der Waals surface area contributed by atoms with E-state index in [9.17, 15) is 8.78 Å². The number of hydrogen-bond acceptors (Lipinski definition) is 4. The van der Waals surface area contributed by atoms with E-state index in [1.807, 2.05) is 24.3 Å². The number of piperidine rings is 1. The Hall–Kier alpha value is -2.70. The highest BCUT2D eigenvalue weighted by atomic mass is 35.5. The lowest BCUT2D eigenvalue weighted by Gasteiger charge is -2.39. The molecule has 0 N–H and O–H groups in total. The quantitative estimate of drug-likeness (QED) is 0.489. The van der Waals surface area contributed by atoms with Gasteiger partial charge in [0, 0.05) is 28.7 Å². The van der Waals surface area contributed by atoms with Crippen LogP contribution in [-0.4, -0.2) is 34.5 Å². The summed E-state index contributed by atoms with van der Waals surface area (Å²) in [6.45, 7) is 3.29. The van der Waals surface area contributed by atoms with Crippen LogP contribution in [0.1, 0.15) is 29.5 Å². The Bertz CT molecular complexity index is 1030.